The number of hydrogen-bond acceptors (Lipinski definition) is 4. The molecule has 1 unspecified atom stereocenters. The third-order valence-corrected chi connectivity index (χ3v) is 5.82. The Hall–Kier alpha value is -2.99. The predicted molar refractivity (Wildman–Crippen MR) is 111 cm³/mol. The van der Waals surface area contributed by atoms with E-state index in [4.69, 9.17) is 0 Å². The molecule has 1 saturated heterocycles. The molecule has 0 bridgehead atoms. The van der Waals surface area contributed by atoms with Gasteiger partial charge in [0.05, 0.1) is 16.8 Å². The van der Waals surface area contributed by atoms with Crippen molar-refractivity contribution < 1.29 is 14.4 Å². The topological polar surface area (TPSA) is 69.7 Å². The molecule has 0 aliphatic carbocycles. The first-order valence-electron chi connectivity index (χ1n) is 9.98. The van der Waals surface area contributed by atoms with Crippen LogP contribution in [0.25, 0.3) is 0 Å². The lowest BCUT2D eigenvalue weighted by atomic mass is 10.0. The molecular weight excluding hydrogens is 366 g/mol. The molecular formula is C23H25N3O3. The highest BCUT2D eigenvalue weighted by molar-refractivity contribution is 6.35. The molecule has 0 aromatic heterocycles. The van der Waals surface area contributed by atoms with E-state index in [2.05, 4.69) is 5.32 Å². The van der Waals surface area contributed by atoms with Gasteiger partial charge in [0.25, 0.3) is 17.7 Å². The van der Waals surface area contributed by atoms with Gasteiger partial charge >= 0.3 is 0 Å². The maximum atomic E-state index is 13.1. The van der Waals surface area contributed by atoms with Crippen molar-refractivity contribution in [3.05, 3.63) is 64.2 Å². The van der Waals surface area contributed by atoms with Crippen LogP contribution in [0, 0.1) is 13.8 Å². The summed E-state index contributed by atoms with van der Waals surface area (Å²) >= 11 is 0. The number of likely N-dealkylation sites (N-methyl/N-ethyl adjacent to an activating group) is 1. The Morgan fingerprint density at radius 3 is 2.59 bits per heavy atom. The molecule has 4 rings (SSSR count). The molecule has 150 valence electrons. The number of hydrogen-bond donors (Lipinski definition) is 1. The fourth-order valence-electron chi connectivity index (χ4n) is 4.27. The highest BCUT2D eigenvalue weighted by Gasteiger charge is 2.38. The van der Waals surface area contributed by atoms with E-state index in [-0.39, 0.29) is 23.8 Å². The van der Waals surface area contributed by atoms with Crippen molar-refractivity contribution in [2.24, 2.45) is 0 Å². The quantitative estimate of drug-likeness (QED) is 0.814. The maximum Gasteiger partial charge on any atom is 0.266 e. The smallest absolute Gasteiger partial charge is 0.266 e. The highest BCUT2D eigenvalue weighted by atomic mass is 16.2. The third kappa shape index (κ3) is 3.23. The van der Waals surface area contributed by atoms with Crippen LogP contribution in [0.3, 0.4) is 0 Å². The second-order valence-corrected chi connectivity index (χ2v) is 7.85. The largest absolute Gasteiger partial charge is 0.334 e. The molecule has 1 fully saturated rings. The number of aryl methyl sites for hydroxylation is 2. The Kier molecular flexibility index (Phi) is 4.96. The fourth-order valence-corrected chi connectivity index (χ4v) is 4.27. The van der Waals surface area contributed by atoms with Gasteiger partial charge in [-0.1, -0.05) is 12.1 Å². The zero-order valence-electron chi connectivity index (χ0n) is 17.0. The van der Waals surface area contributed by atoms with Crippen LogP contribution in [0.15, 0.2) is 36.4 Å². The summed E-state index contributed by atoms with van der Waals surface area (Å²) < 4.78 is 0. The van der Waals surface area contributed by atoms with E-state index in [9.17, 15) is 14.4 Å². The molecule has 2 aliphatic heterocycles. The maximum absolute atomic E-state index is 13.1. The van der Waals surface area contributed by atoms with Gasteiger partial charge in [0, 0.05) is 24.7 Å². The number of fused-ring (bicyclic) bond motifs is 1. The second-order valence-electron chi connectivity index (χ2n) is 7.85. The summed E-state index contributed by atoms with van der Waals surface area (Å²) in [5.41, 5.74) is 3.52. The lowest BCUT2D eigenvalue weighted by Crippen LogP contribution is -2.40. The van der Waals surface area contributed by atoms with Crippen LogP contribution >= 0.6 is 0 Å². The molecule has 1 atom stereocenters. The van der Waals surface area contributed by atoms with Crippen LogP contribution in [-0.2, 0) is 0 Å². The van der Waals surface area contributed by atoms with Crippen LogP contribution in [0.1, 0.15) is 55.0 Å². The summed E-state index contributed by atoms with van der Waals surface area (Å²) in [7, 11) is 1.88. The van der Waals surface area contributed by atoms with Gasteiger partial charge in [-0.15, -0.1) is 0 Å². The average Bonchev–Trinajstić information content (AvgIpc) is 3.26. The van der Waals surface area contributed by atoms with Crippen molar-refractivity contribution in [2.75, 3.05) is 25.0 Å². The summed E-state index contributed by atoms with van der Waals surface area (Å²) in [6.45, 7) is 5.26. The van der Waals surface area contributed by atoms with Crippen LogP contribution in [0.4, 0.5) is 5.69 Å². The van der Waals surface area contributed by atoms with Gasteiger partial charge in [-0.2, -0.15) is 0 Å². The van der Waals surface area contributed by atoms with Crippen molar-refractivity contribution >= 4 is 23.4 Å². The van der Waals surface area contributed by atoms with Crippen LogP contribution in [0.2, 0.25) is 0 Å². The van der Waals surface area contributed by atoms with Crippen molar-refractivity contribution in [1.82, 2.24) is 10.2 Å². The Morgan fingerprint density at radius 2 is 1.83 bits per heavy atom. The minimum absolute atomic E-state index is 0.0871. The SMILES string of the molecule is CNCC1CCCN1C(=O)c1ccc2c(c1)C(=O)N(c1cc(C)ccc1C)C2=O. The predicted octanol–water partition coefficient (Wildman–Crippen LogP) is 2.93. The summed E-state index contributed by atoms with van der Waals surface area (Å²) in [5.74, 6) is -0.801. The molecule has 2 aliphatic rings. The Balaban J connectivity index is 1.67. The molecule has 2 aromatic carbocycles. The van der Waals surface area contributed by atoms with Crippen molar-refractivity contribution in [1.29, 1.82) is 0 Å². The summed E-state index contributed by atoms with van der Waals surface area (Å²) in [5, 5.41) is 3.13. The molecule has 2 heterocycles. The summed E-state index contributed by atoms with van der Waals surface area (Å²) in [6, 6.07) is 10.7. The summed E-state index contributed by atoms with van der Waals surface area (Å²) in [4.78, 5) is 42.2. The van der Waals surface area contributed by atoms with Gasteiger partial charge in [0.2, 0.25) is 0 Å². The summed E-state index contributed by atoms with van der Waals surface area (Å²) in [6.07, 6.45) is 1.94. The van der Waals surface area contributed by atoms with Gasteiger partial charge in [-0.3, -0.25) is 14.4 Å². The lowest BCUT2D eigenvalue weighted by molar-refractivity contribution is 0.0736. The molecule has 6 heteroatoms. The second kappa shape index (κ2) is 7.44. The van der Waals surface area contributed by atoms with E-state index in [1.54, 1.807) is 18.2 Å². The van der Waals surface area contributed by atoms with Gasteiger partial charge in [-0.25, -0.2) is 4.90 Å². The van der Waals surface area contributed by atoms with Crippen molar-refractivity contribution in [3.63, 3.8) is 0 Å². The van der Waals surface area contributed by atoms with Gasteiger partial charge in [0.15, 0.2) is 0 Å². The van der Waals surface area contributed by atoms with E-state index in [0.29, 0.717) is 28.9 Å². The molecule has 0 radical (unpaired) electrons. The third-order valence-electron chi connectivity index (χ3n) is 5.82. The number of nitrogens with zero attached hydrogens (tertiary/aromatic N) is 2. The standard InChI is InChI=1S/C23H25N3O3/c1-14-6-7-15(2)20(11-14)26-22(28)18-9-8-16(12-19(18)23(26)29)21(27)25-10-4-5-17(25)13-24-3/h6-9,11-12,17,24H,4-5,10,13H2,1-3H3. The number of amides is 3. The molecule has 0 spiro atoms. The number of carbonyl (C=O) groups excluding carboxylic acids is 3. The first kappa shape index (κ1) is 19.3. The number of imide groups is 1. The number of nitrogens with one attached hydrogen (secondary N) is 1. The average molecular weight is 391 g/mol. The number of likely N-dealkylation sites (tertiary alicyclic amines) is 1. The normalized spacial score (nSPS) is 18.5. The van der Waals surface area contributed by atoms with Crippen molar-refractivity contribution in [3.8, 4) is 0 Å². The van der Waals surface area contributed by atoms with Gasteiger partial charge < -0.3 is 10.2 Å². The van der Waals surface area contributed by atoms with E-state index >= 15 is 0 Å². The minimum Gasteiger partial charge on any atom is -0.334 e. The van der Waals surface area contributed by atoms with E-state index < -0.39 is 0 Å². The van der Waals surface area contributed by atoms with Crippen molar-refractivity contribution in [2.45, 2.75) is 32.7 Å². The number of carbonyl (C=O) groups is 3. The zero-order chi connectivity index (χ0) is 20.7. The molecule has 3 amide bonds. The Morgan fingerprint density at radius 1 is 1.07 bits per heavy atom. The minimum atomic E-state index is -0.374. The number of rotatable bonds is 4. The molecule has 2 aromatic rings. The van der Waals surface area contributed by atoms with Crippen LogP contribution < -0.4 is 10.2 Å². The van der Waals surface area contributed by atoms with Gasteiger partial charge in [-0.05, 0) is 69.1 Å². The molecule has 29 heavy (non-hydrogen) atoms. The molecule has 0 saturated carbocycles. The lowest BCUT2D eigenvalue weighted by Gasteiger charge is -2.24. The number of benzene rings is 2. The van der Waals surface area contributed by atoms with Crippen LogP contribution in [0.5, 0.6) is 0 Å². The molecule has 6 nitrogen and oxygen atoms in total. The Labute approximate surface area is 170 Å². The van der Waals surface area contributed by atoms with E-state index in [0.717, 1.165) is 30.5 Å². The Bertz CT molecular complexity index is 1010. The monoisotopic (exact) mass is 391 g/mol. The zero-order valence-corrected chi connectivity index (χ0v) is 17.0. The van der Waals surface area contributed by atoms with Crippen LogP contribution in [-0.4, -0.2) is 48.8 Å². The van der Waals surface area contributed by atoms with Gasteiger partial charge in [0.1, 0.15) is 0 Å². The molecule has 1 N–H and O–H groups in total. The van der Waals surface area contributed by atoms with E-state index in [1.165, 1.54) is 4.90 Å². The highest BCUT2D eigenvalue weighted by Crippen LogP contribution is 2.32. The van der Waals surface area contributed by atoms with E-state index in [1.807, 2.05) is 44.0 Å². The fraction of sp³-hybridized carbons (Fsp3) is 0.348. The number of anilines is 1. The first-order valence-corrected chi connectivity index (χ1v) is 9.98. The first-order chi connectivity index (χ1) is 13.9.